The minimum atomic E-state index is -1.65. The molecule has 0 rings (SSSR count). The molecule has 69 heavy (non-hydrogen) atoms. The molecule has 0 saturated carbocycles. The normalized spacial score (nSPS) is 14.0. The molecule has 9 nitrogen and oxygen atoms in total. The van der Waals surface area contributed by atoms with Crippen LogP contribution in [0, 0.1) is 0 Å². The summed E-state index contributed by atoms with van der Waals surface area (Å²) < 4.78 is 22.5. The smallest absolute Gasteiger partial charge is 0.306 e. The predicted molar refractivity (Wildman–Crippen MR) is 287 cm³/mol. The predicted octanol–water partition coefficient (Wildman–Crippen LogP) is 13.6. The number of hydrogen-bond donors (Lipinski definition) is 0. The minimum absolute atomic E-state index is 0.124. The molecule has 0 fully saturated rings. The van der Waals surface area contributed by atoms with E-state index in [0.717, 1.165) is 116 Å². The van der Waals surface area contributed by atoms with Gasteiger partial charge in [-0.2, -0.15) is 0 Å². The van der Waals surface area contributed by atoms with E-state index in [1.165, 1.54) is 0 Å². The van der Waals surface area contributed by atoms with Crippen molar-refractivity contribution in [3.8, 4) is 0 Å². The summed E-state index contributed by atoms with van der Waals surface area (Å²) in [5, 5.41) is 11.7. The van der Waals surface area contributed by atoms with Crippen LogP contribution in [0.15, 0.2) is 146 Å². The van der Waals surface area contributed by atoms with Gasteiger partial charge in [-0.1, -0.05) is 185 Å². The lowest BCUT2D eigenvalue weighted by molar-refractivity contribution is -0.870. The highest BCUT2D eigenvalue weighted by molar-refractivity contribution is 5.70. The topological polar surface area (TPSA) is 111 Å². The fourth-order valence-corrected chi connectivity index (χ4v) is 6.15. The molecular weight excluding hydrogens is 863 g/mol. The second-order valence-corrected chi connectivity index (χ2v) is 17.7. The lowest BCUT2D eigenvalue weighted by atomic mass is 10.1. The maximum absolute atomic E-state index is 12.8. The van der Waals surface area contributed by atoms with Gasteiger partial charge in [0.25, 0.3) is 0 Å². The first kappa shape index (κ1) is 64.2. The third-order valence-corrected chi connectivity index (χ3v) is 10.1. The van der Waals surface area contributed by atoms with E-state index in [1.807, 2.05) is 33.3 Å². The van der Waals surface area contributed by atoms with Crippen molar-refractivity contribution >= 4 is 17.9 Å². The van der Waals surface area contributed by atoms with Crippen molar-refractivity contribution in [2.75, 3.05) is 47.5 Å². The lowest BCUT2D eigenvalue weighted by Crippen LogP contribution is -2.44. The van der Waals surface area contributed by atoms with Crippen LogP contribution < -0.4 is 5.11 Å². The monoisotopic (exact) mass is 956 g/mol. The van der Waals surface area contributed by atoms with Crippen LogP contribution in [-0.4, -0.2) is 82.3 Å². The van der Waals surface area contributed by atoms with Gasteiger partial charge >= 0.3 is 11.9 Å². The third kappa shape index (κ3) is 50.9. The Hall–Kier alpha value is -4.83. The maximum atomic E-state index is 12.8. The molecule has 0 aromatic rings. The van der Waals surface area contributed by atoms with Gasteiger partial charge in [-0.3, -0.25) is 9.59 Å². The van der Waals surface area contributed by atoms with Crippen molar-refractivity contribution < 1.29 is 42.9 Å². The van der Waals surface area contributed by atoms with Crippen LogP contribution in [-0.2, 0) is 33.3 Å². The van der Waals surface area contributed by atoms with Crippen LogP contribution in [0.5, 0.6) is 0 Å². The number of unbranched alkanes of at least 4 members (excludes halogenated alkanes) is 6. The van der Waals surface area contributed by atoms with E-state index in [0.29, 0.717) is 23.9 Å². The number of likely N-dealkylation sites (N-methyl/N-ethyl adjacent to an activating group) is 1. The quantitative estimate of drug-likeness (QED) is 0.0195. The fraction of sp³-hybridized carbons (Fsp3) is 0.550. The highest BCUT2D eigenvalue weighted by Gasteiger charge is 2.21. The average molecular weight is 956 g/mol. The van der Waals surface area contributed by atoms with Crippen molar-refractivity contribution in [3.05, 3.63) is 146 Å². The first-order valence-electron chi connectivity index (χ1n) is 26.0. The SMILES string of the molecule is CC/C=C\C/C=C\C/C=C\C/C=C\C/C=C\C/C=C\CCCCCCCCC(=O)OC(COC(=O)CC/C=C\C/C=C\C/C=C\C/C=C\C/C=C\C/C=C\CC)COC(OCC[N+](C)(C)C)C(=O)[O-]. The van der Waals surface area contributed by atoms with Gasteiger partial charge < -0.3 is 33.3 Å². The Morgan fingerprint density at radius 2 is 0.812 bits per heavy atom. The summed E-state index contributed by atoms with van der Waals surface area (Å²) in [6.45, 7) is 4.37. The zero-order valence-corrected chi connectivity index (χ0v) is 43.6. The molecule has 2 atom stereocenters. The van der Waals surface area contributed by atoms with Crippen molar-refractivity contribution in [3.63, 3.8) is 0 Å². The van der Waals surface area contributed by atoms with Crippen molar-refractivity contribution in [2.45, 2.75) is 167 Å². The molecule has 0 aliphatic rings. The van der Waals surface area contributed by atoms with Gasteiger partial charge in [0.15, 0.2) is 12.4 Å². The Bertz CT molecular complexity index is 1630. The first-order chi connectivity index (χ1) is 33.6. The number of nitrogens with zero attached hydrogens (tertiary/aromatic N) is 1. The van der Waals surface area contributed by atoms with Crippen LogP contribution in [0.4, 0.5) is 0 Å². The zero-order chi connectivity index (χ0) is 50.6. The van der Waals surface area contributed by atoms with Crippen molar-refractivity contribution in [1.82, 2.24) is 0 Å². The first-order valence-corrected chi connectivity index (χ1v) is 26.0. The Labute approximate surface area is 420 Å². The van der Waals surface area contributed by atoms with Gasteiger partial charge in [0.05, 0.1) is 40.3 Å². The number of quaternary nitrogens is 1. The standard InChI is InChI=1S/C60H93NO8/c1-6-8-10-12-14-16-18-20-22-24-26-27-28-29-30-31-33-35-37-39-41-43-45-47-49-51-58(63)69-56(55-68-60(59(64)65)66-53-52-61(3,4)5)54-67-57(62)50-48-46-44-42-40-38-36-34-32-25-23-21-19-17-15-13-11-9-7-2/h8-11,14-17,20-23,26-27,29-30,32-35,38,40,44,46,56,60H,6-7,12-13,18-19,24-25,28,31,36-37,39,41-43,45,47-55H2,1-5H3/b10-8-,11-9-,16-14-,17-15-,22-20-,23-21-,27-26-,30-29-,34-32-,35-33-,40-38-,46-44-. The summed E-state index contributed by atoms with van der Waals surface area (Å²) in [4.78, 5) is 37.1. The largest absolute Gasteiger partial charge is 0.545 e. The Morgan fingerprint density at radius 3 is 1.22 bits per heavy atom. The summed E-state index contributed by atoms with van der Waals surface area (Å²) >= 11 is 0. The molecule has 0 amide bonds. The van der Waals surface area contributed by atoms with Crippen LogP contribution in [0.1, 0.15) is 155 Å². The molecule has 0 radical (unpaired) electrons. The lowest BCUT2D eigenvalue weighted by Gasteiger charge is -2.26. The molecule has 0 aliphatic carbocycles. The molecule has 0 spiro atoms. The van der Waals surface area contributed by atoms with E-state index in [-0.39, 0.29) is 32.7 Å². The van der Waals surface area contributed by atoms with Crippen LogP contribution in [0.25, 0.3) is 0 Å². The molecule has 0 N–H and O–H groups in total. The molecule has 386 valence electrons. The molecule has 0 bridgehead atoms. The Kier molecular flexibility index (Phi) is 46.1. The highest BCUT2D eigenvalue weighted by atomic mass is 16.7. The van der Waals surface area contributed by atoms with Crippen molar-refractivity contribution in [1.29, 1.82) is 0 Å². The van der Waals surface area contributed by atoms with E-state index in [1.54, 1.807) is 0 Å². The number of carboxylic acid groups (broad SMARTS) is 1. The molecule has 9 heteroatoms. The number of carbonyl (C=O) groups is 3. The minimum Gasteiger partial charge on any atom is -0.545 e. The third-order valence-electron chi connectivity index (χ3n) is 10.1. The van der Waals surface area contributed by atoms with Gasteiger partial charge in [-0.05, 0) is 103 Å². The van der Waals surface area contributed by atoms with E-state index < -0.39 is 30.3 Å². The maximum Gasteiger partial charge on any atom is 0.306 e. The number of carboxylic acids is 1. The summed E-state index contributed by atoms with van der Waals surface area (Å²) in [5.41, 5.74) is 0. The van der Waals surface area contributed by atoms with Gasteiger partial charge in [0.2, 0.25) is 0 Å². The van der Waals surface area contributed by atoms with Crippen LogP contribution >= 0.6 is 0 Å². The van der Waals surface area contributed by atoms with E-state index >= 15 is 0 Å². The van der Waals surface area contributed by atoms with Gasteiger partial charge in [-0.25, -0.2) is 0 Å². The molecule has 0 aromatic heterocycles. The number of allylic oxidation sites excluding steroid dienone is 24. The molecule has 0 heterocycles. The number of aliphatic carboxylic acids is 1. The molecule has 0 saturated heterocycles. The van der Waals surface area contributed by atoms with Crippen LogP contribution in [0.2, 0.25) is 0 Å². The van der Waals surface area contributed by atoms with E-state index in [9.17, 15) is 19.5 Å². The Morgan fingerprint density at radius 1 is 0.435 bits per heavy atom. The Balaban J connectivity index is 4.51. The molecule has 2 unspecified atom stereocenters. The summed E-state index contributed by atoms with van der Waals surface area (Å²) in [7, 11) is 5.87. The number of carbonyl (C=O) groups excluding carboxylic acids is 3. The zero-order valence-electron chi connectivity index (χ0n) is 43.6. The summed E-state index contributed by atoms with van der Waals surface area (Å²) in [6.07, 6.45) is 69.0. The summed E-state index contributed by atoms with van der Waals surface area (Å²) in [6, 6.07) is 0. The van der Waals surface area contributed by atoms with Gasteiger partial charge in [-0.15, -0.1) is 0 Å². The number of hydrogen-bond acceptors (Lipinski definition) is 8. The second kappa shape index (κ2) is 49.6. The van der Waals surface area contributed by atoms with E-state index in [4.69, 9.17) is 18.9 Å². The van der Waals surface area contributed by atoms with Gasteiger partial charge in [0.1, 0.15) is 13.2 Å². The van der Waals surface area contributed by atoms with Crippen molar-refractivity contribution in [2.24, 2.45) is 0 Å². The number of ether oxygens (including phenoxy) is 4. The van der Waals surface area contributed by atoms with Gasteiger partial charge in [0, 0.05) is 12.8 Å². The highest BCUT2D eigenvalue weighted by Crippen LogP contribution is 2.12. The number of rotatable bonds is 45. The number of esters is 2. The van der Waals surface area contributed by atoms with Crippen LogP contribution in [0.3, 0.4) is 0 Å². The second-order valence-electron chi connectivity index (χ2n) is 17.7. The molecular formula is C60H93NO8. The molecule has 0 aromatic carbocycles. The molecule has 0 aliphatic heterocycles. The van der Waals surface area contributed by atoms with E-state index in [2.05, 4.69) is 148 Å². The summed E-state index contributed by atoms with van der Waals surface area (Å²) in [5.74, 6) is -2.44. The average Bonchev–Trinajstić information content (AvgIpc) is 3.31. The fourth-order valence-electron chi connectivity index (χ4n) is 6.15.